The number of nitrogens with zero attached hydrogens (tertiary/aromatic N) is 1. The van der Waals surface area contributed by atoms with Crippen LogP contribution in [0.2, 0.25) is 0 Å². The number of rotatable bonds is 11. The van der Waals surface area contributed by atoms with Crippen LogP contribution in [0.4, 0.5) is 4.79 Å². The highest BCUT2D eigenvalue weighted by molar-refractivity contribution is 6.03. The number of hydrogen-bond donors (Lipinski definition) is 3. The summed E-state index contributed by atoms with van der Waals surface area (Å²) in [5.74, 6) is -3.22. The van der Waals surface area contributed by atoms with E-state index in [4.69, 9.17) is 9.57 Å². The molecule has 0 aromatic heterocycles. The minimum Gasteiger partial charge on any atom is -0.350 e. The maximum atomic E-state index is 13.5. The lowest BCUT2D eigenvalue weighted by atomic mass is 9.80. The Hall–Kier alpha value is -3.76. The van der Waals surface area contributed by atoms with Gasteiger partial charge in [0.15, 0.2) is 6.29 Å². The molecular weight excluding hydrogens is 500 g/mol. The van der Waals surface area contributed by atoms with Gasteiger partial charge in [-0.15, -0.1) is 0 Å². The van der Waals surface area contributed by atoms with Crippen molar-refractivity contribution in [1.82, 2.24) is 21.2 Å². The van der Waals surface area contributed by atoms with Gasteiger partial charge >= 0.3 is 6.03 Å². The fourth-order valence-corrected chi connectivity index (χ4v) is 4.83. The van der Waals surface area contributed by atoms with Gasteiger partial charge in [0.2, 0.25) is 11.8 Å². The van der Waals surface area contributed by atoms with Gasteiger partial charge in [-0.1, -0.05) is 68.4 Å². The van der Waals surface area contributed by atoms with Crippen molar-refractivity contribution in [3.8, 4) is 11.1 Å². The second-order valence-corrected chi connectivity index (χ2v) is 10.4. The first-order valence-electron chi connectivity index (χ1n) is 13.4. The van der Waals surface area contributed by atoms with E-state index < -0.39 is 41.9 Å². The molecule has 1 unspecified atom stereocenters. The fraction of sp³-hybridized carbons (Fsp3) is 0.448. The third-order valence-corrected chi connectivity index (χ3v) is 6.90. The third kappa shape index (κ3) is 7.64. The number of hydrazine groups is 1. The van der Waals surface area contributed by atoms with Crippen molar-refractivity contribution in [2.75, 3.05) is 13.2 Å². The van der Waals surface area contributed by atoms with Crippen LogP contribution in [-0.2, 0) is 30.4 Å². The zero-order valence-electron chi connectivity index (χ0n) is 22.4. The van der Waals surface area contributed by atoms with Gasteiger partial charge in [0.05, 0.1) is 11.8 Å². The number of imide groups is 1. The molecule has 0 bridgehead atoms. The van der Waals surface area contributed by atoms with Crippen molar-refractivity contribution >= 4 is 23.8 Å². The zero-order valence-corrected chi connectivity index (χ0v) is 22.4. The molecule has 0 radical (unpaired) electrons. The first-order chi connectivity index (χ1) is 18.8. The summed E-state index contributed by atoms with van der Waals surface area (Å²) in [7, 11) is 0. The molecule has 3 atom stereocenters. The van der Waals surface area contributed by atoms with Crippen molar-refractivity contribution < 1.29 is 28.8 Å². The molecule has 0 saturated carbocycles. The van der Waals surface area contributed by atoms with Crippen molar-refractivity contribution in [3.63, 3.8) is 0 Å². The second-order valence-electron chi connectivity index (χ2n) is 10.4. The van der Waals surface area contributed by atoms with Crippen molar-refractivity contribution in [2.24, 2.45) is 17.8 Å². The summed E-state index contributed by atoms with van der Waals surface area (Å²) < 4.78 is 5.56. The summed E-state index contributed by atoms with van der Waals surface area (Å²) in [4.78, 5) is 56.7. The van der Waals surface area contributed by atoms with Gasteiger partial charge in [-0.25, -0.2) is 15.1 Å². The molecule has 2 heterocycles. The topological polar surface area (TPSA) is 126 Å². The molecule has 4 rings (SSSR count). The Labute approximate surface area is 228 Å². The smallest absolute Gasteiger partial charge is 0.343 e. The summed E-state index contributed by atoms with van der Waals surface area (Å²) in [5.41, 5.74) is 7.93. The molecule has 2 aromatic carbocycles. The lowest BCUT2D eigenvalue weighted by Crippen LogP contribution is -2.52. The molecule has 2 aromatic rings. The lowest BCUT2D eigenvalue weighted by Gasteiger charge is -2.29. The van der Waals surface area contributed by atoms with E-state index in [-0.39, 0.29) is 18.9 Å². The van der Waals surface area contributed by atoms with Crippen molar-refractivity contribution in [2.45, 2.75) is 52.2 Å². The molecule has 2 fully saturated rings. The Kier molecular flexibility index (Phi) is 9.67. The maximum absolute atomic E-state index is 13.5. The molecule has 0 spiro atoms. The number of carbonyl (C=O) groups is 4. The average Bonchev–Trinajstić information content (AvgIpc) is 3.27. The first-order valence-corrected chi connectivity index (χ1v) is 13.4. The van der Waals surface area contributed by atoms with Gasteiger partial charge in [0.1, 0.15) is 6.54 Å². The van der Waals surface area contributed by atoms with Crippen LogP contribution in [0, 0.1) is 17.8 Å². The van der Waals surface area contributed by atoms with Crippen LogP contribution in [-0.4, -0.2) is 48.2 Å². The minimum atomic E-state index is -0.837. The van der Waals surface area contributed by atoms with Crippen LogP contribution >= 0.6 is 0 Å². The lowest BCUT2D eigenvalue weighted by molar-refractivity contribution is -0.203. The van der Waals surface area contributed by atoms with Crippen LogP contribution in [0.15, 0.2) is 54.6 Å². The molecule has 39 heavy (non-hydrogen) atoms. The predicted molar refractivity (Wildman–Crippen MR) is 143 cm³/mol. The van der Waals surface area contributed by atoms with Gasteiger partial charge in [-0.05, 0) is 48.3 Å². The summed E-state index contributed by atoms with van der Waals surface area (Å²) in [6, 6.07) is 17.1. The number of hydroxylamine groups is 1. The van der Waals surface area contributed by atoms with Crippen molar-refractivity contribution in [3.05, 3.63) is 60.2 Å². The van der Waals surface area contributed by atoms with Crippen molar-refractivity contribution in [1.29, 1.82) is 0 Å². The molecular formula is C29H36N4O6. The first kappa shape index (κ1) is 28.3. The zero-order chi connectivity index (χ0) is 27.8. The van der Waals surface area contributed by atoms with Gasteiger partial charge in [0.25, 0.3) is 5.91 Å². The molecule has 2 aliphatic heterocycles. The van der Waals surface area contributed by atoms with E-state index in [9.17, 15) is 19.2 Å². The van der Waals surface area contributed by atoms with Crippen LogP contribution in [0.5, 0.6) is 0 Å². The number of urea groups is 1. The molecule has 2 aliphatic rings. The van der Waals surface area contributed by atoms with E-state index in [1.807, 2.05) is 68.4 Å². The van der Waals surface area contributed by atoms with E-state index in [0.717, 1.165) is 29.5 Å². The third-order valence-electron chi connectivity index (χ3n) is 6.90. The number of carbonyl (C=O) groups excluding carboxylic acids is 4. The van der Waals surface area contributed by atoms with E-state index in [2.05, 4.69) is 16.2 Å². The summed E-state index contributed by atoms with van der Waals surface area (Å²) in [6.07, 6.45) is 2.60. The Morgan fingerprint density at radius 3 is 2.33 bits per heavy atom. The second kappa shape index (κ2) is 13.3. The molecule has 10 heteroatoms. The largest absolute Gasteiger partial charge is 0.350 e. The van der Waals surface area contributed by atoms with Gasteiger partial charge in [-0.2, -0.15) is 5.01 Å². The number of benzene rings is 2. The Balaban J connectivity index is 1.56. The highest BCUT2D eigenvalue weighted by Crippen LogP contribution is 2.27. The quantitative estimate of drug-likeness (QED) is 0.299. The van der Waals surface area contributed by atoms with Gasteiger partial charge in [0, 0.05) is 13.0 Å². The fourth-order valence-electron chi connectivity index (χ4n) is 4.83. The molecule has 0 aliphatic carbocycles. The number of hydrogen-bond acceptors (Lipinski definition) is 6. The van der Waals surface area contributed by atoms with Gasteiger partial charge in [-0.3, -0.25) is 19.8 Å². The standard InChI is InChI=1S/C29H36N4O6/c1-19(2)16-23(27(35)31-33-25(34)18-30-29(33)37)24(28(36)32-39-26-10-6-7-15-38-26)17-20-11-13-22(14-12-20)21-8-4-3-5-9-21/h3-5,8-9,11-14,19,23-24,26H,6-7,10,15-18H2,1-2H3,(H,30,37)(H,31,35)(H,32,36)/t23-,24+,26?/m1/s1. The molecule has 3 N–H and O–H groups in total. The number of nitrogens with one attached hydrogen (secondary N) is 3. The summed E-state index contributed by atoms with van der Waals surface area (Å²) >= 11 is 0. The van der Waals surface area contributed by atoms with Crippen LogP contribution < -0.4 is 16.2 Å². The number of amides is 5. The van der Waals surface area contributed by atoms with E-state index in [1.165, 1.54) is 0 Å². The van der Waals surface area contributed by atoms with Crippen LogP contribution in [0.25, 0.3) is 11.1 Å². The summed E-state index contributed by atoms with van der Waals surface area (Å²) in [5, 5.41) is 3.05. The van der Waals surface area contributed by atoms with E-state index >= 15 is 0 Å². The van der Waals surface area contributed by atoms with E-state index in [1.54, 1.807) is 0 Å². The summed E-state index contributed by atoms with van der Waals surface area (Å²) in [6.45, 7) is 4.26. The average molecular weight is 537 g/mol. The molecule has 2 saturated heterocycles. The van der Waals surface area contributed by atoms with E-state index in [0.29, 0.717) is 24.5 Å². The Morgan fingerprint density at radius 1 is 1.00 bits per heavy atom. The highest BCUT2D eigenvalue weighted by atomic mass is 16.8. The van der Waals surface area contributed by atoms with Crippen LogP contribution in [0.3, 0.4) is 0 Å². The Morgan fingerprint density at radius 2 is 1.72 bits per heavy atom. The molecule has 5 amide bonds. The normalized spacial score (nSPS) is 18.9. The number of ether oxygens (including phenoxy) is 1. The van der Waals surface area contributed by atoms with Crippen LogP contribution in [0.1, 0.15) is 45.1 Å². The molecule has 208 valence electrons. The monoisotopic (exact) mass is 536 g/mol. The SMILES string of the molecule is CC(C)C[C@@H](C(=O)NN1C(=O)CNC1=O)[C@H](Cc1ccc(-c2ccccc2)cc1)C(=O)NOC1CCCCO1. The Bertz CT molecular complexity index is 1130. The highest BCUT2D eigenvalue weighted by Gasteiger charge is 2.38. The minimum absolute atomic E-state index is 0.0576. The molecule has 10 nitrogen and oxygen atoms in total. The predicted octanol–water partition coefficient (Wildman–Crippen LogP) is 3.33. The maximum Gasteiger partial charge on any atom is 0.343 e. The van der Waals surface area contributed by atoms with Gasteiger partial charge < -0.3 is 10.1 Å².